The Kier molecular flexibility index (Phi) is 4.12. The summed E-state index contributed by atoms with van der Waals surface area (Å²) in [5, 5.41) is 5.56. The molecule has 1 rings (SSSR count). The Hall–Kier alpha value is -1.55. The Bertz CT molecular complexity index is 380. The van der Waals surface area contributed by atoms with E-state index in [-0.39, 0.29) is 12.5 Å². The van der Waals surface area contributed by atoms with Crippen LogP contribution in [0.1, 0.15) is 5.56 Å². The molecular formula is C10H11ClN2O2. The predicted molar refractivity (Wildman–Crippen MR) is 58.9 cm³/mol. The van der Waals surface area contributed by atoms with E-state index in [2.05, 4.69) is 10.6 Å². The maximum absolute atomic E-state index is 11.2. The number of amides is 2. The van der Waals surface area contributed by atoms with E-state index in [1.165, 1.54) is 0 Å². The molecule has 0 aliphatic rings. The number of benzene rings is 1. The molecule has 5 heteroatoms. The van der Waals surface area contributed by atoms with Crippen LogP contribution in [-0.2, 0) is 9.59 Å². The third-order valence-corrected chi connectivity index (χ3v) is 2.04. The van der Waals surface area contributed by atoms with Gasteiger partial charge in [0.1, 0.15) is 0 Å². The molecule has 0 saturated heterocycles. The maximum atomic E-state index is 11.2. The van der Waals surface area contributed by atoms with Crippen LogP contribution in [0, 0.1) is 6.92 Å². The Labute approximate surface area is 92.6 Å². The van der Waals surface area contributed by atoms with E-state index < -0.39 is 0 Å². The van der Waals surface area contributed by atoms with Crippen molar-refractivity contribution in [3.8, 4) is 0 Å². The van der Waals surface area contributed by atoms with Crippen molar-refractivity contribution < 1.29 is 9.59 Å². The van der Waals surface area contributed by atoms with Crippen molar-refractivity contribution in [2.75, 3.05) is 11.9 Å². The summed E-state index contributed by atoms with van der Waals surface area (Å²) in [5.74, 6) is -0.271. The van der Waals surface area contributed by atoms with Crippen LogP contribution in [0.15, 0.2) is 18.2 Å². The lowest BCUT2D eigenvalue weighted by Crippen LogP contribution is -2.27. The van der Waals surface area contributed by atoms with Crippen molar-refractivity contribution in [2.24, 2.45) is 0 Å². The van der Waals surface area contributed by atoms with Crippen LogP contribution in [0.4, 0.5) is 5.69 Å². The summed E-state index contributed by atoms with van der Waals surface area (Å²) < 4.78 is 0. The molecule has 2 amide bonds. The largest absolute Gasteiger partial charge is 0.350 e. The van der Waals surface area contributed by atoms with Gasteiger partial charge in [0.05, 0.1) is 6.54 Å². The zero-order valence-corrected chi connectivity index (χ0v) is 8.97. The standard InChI is InChI=1S/C10H11ClN2O2/c1-7-4-8(11)2-3-9(7)13-10(15)5-12-6-14/h2-4,6H,5H2,1H3,(H,12,14)(H,13,15). The first-order valence-corrected chi connectivity index (χ1v) is 4.74. The second-order valence-electron chi connectivity index (χ2n) is 3.01. The molecule has 0 radical (unpaired) electrons. The third-order valence-electron chi connectivity index (χ3n) is 1.81. The minimum atomic E-state index is -0.271. The Morgan fingerprint density at radius 1 is 1.53 bits per heavy atom. The molecule has 0 bridgehead atoms. The first kappa shape index (κ1) is 11.5. The molecule has 0 unspecified atom stereocenters. The molecule has 0 atom stereocenters. The summed E-state index contributed by atoms with van der Waals surface area (Å²) in [6.45, 7) is 1.81. The highest BCUT2D eigenvalue weighted by Crippen LogP contribution is 2.19. The van der Waals surface area contributed by atoms with Gasteiger partial charge in [-0.3, -0.25) is 9.59 Å². The van der Waals surface area contributed by atoms with Gasteiger partial charge in [0.2, 0.25) is 12.3 Å². The van der Waals surface area contributed by atoms with Gasteiger partial charge in [-0.25, -0.2) is 0 Å². The fraction of sp³-hybridized carbons (Fsp3) is 0.200. The lowest BCUT2D eigenvalue weighted by Gasteiger charge is -2.07. The molecule has 1 aromatic rings. The Morgan fingerprint density at radius 3 is 2.87 bits per heavy atom. The van der Waals surface area contributed by atoms with Gasteiger partial charge in [-0.1, -0.05) is 11.6 Å². The fourth-order valence-electron chi connectivity index (χ4n) is 1.10. The van der Waals surface area contributed by atoms with Crippen molar-refractivity contribution >= 4 is 29.6 Å². The van der Waals surface area contributed by atoms with Gasteiger partial charge >= 0.3 is 0 Å². The number of halogens is 1. The molecule has 0 spiro atoms. The topological polar surface area (TPSA) is 58.2 Å². The lowest BCUT2D eigenvalue weighted by molar-refractivity contribution is -0.118. The van der Waals surface area contributed by atoms with Crippen LogP contribution in [0.25, 0.3) is 0 Å². The number of anilines is 1. The Morgan fingerprint density at radius 2 is 2.27 bits per heavy atom. The maximum Gasteiger partial charge on any atom is 0.243 e. The number of nitrogens with one attached hydrogen (secondary N) is 2. The first-order valence-electron chi connectivity index (χ1n) is 4.36. The van der Waals surface area contributed by atoms with Gasteiger partial charge in [0.25, 0.3) is 0 Å². The van der Waals surface area contributed by atoms with E-state index in [0.717, 1.165) is 5.56 Å². The number of carbonyl (C=O) groups excluding carboxylic acids is 2. The average Bonchev–Trinajstić information content (AvgIpc) is 2.19. The monoisotopic (exact) mass is 226 g/mol. The third kappa shape index (κ3) is 3.59. The van der Waals surface area contributed by atoms with Crippen LogP contribution in [0.2, 0.25) is 5.02 Å². The fourth-order valence-corrected chi connectivity index (χ4v) is 1.32. The van der Waals surface area contributed by atoms with Crippen LogP contribution >= 0.6 is 11.6 Å². The molecule has 0 saturated carbocycles. The molecule has 0 aliphatic heterocycles. The summed E-state index contributed by atoms with van der Waals surface area (Å²) in [5.41, 5.74) is 1.57. The minimum absolute atomic E-state index is 0.0361. The van der Waals surface area contributed by atoms with E-state index in [0.29, 0.717) is 17.1 Å². The molecule has 0 heterocycles. The number of hydrogen-bond acceptors (Lipinski definition) is 2. The van der Waals surface area contributed by atoms with Gasteiger partial charge in [0, 0.05) is 10.7 Å². The molecule has 4 nitrogen and oxygen atoms in total. The zero-order valence-electron chi connectivity index (χ0n) is 8.21. The van der Waals surface area contributed by atoms with Gasteiger partial charge in [0.15, 0.2) is 0 Å². The lowest BCUT2D eigenvalue weighted by atomic mass is 10.2. The van der Waals surface area contributed by atoms with Gasteiger partial charge in [-0.2, -0.15) is 0 Å². The van der Waals surface area contributed by atoms with Gasteiger partial charge in [-0.15, -0.1) is 0 Å². The van der Waals surface area contributed by atoms with E-state index in [1.54, 1.807) is 18.2 Å². The van der Waals surface area contributed by atoms with Crippen LogP contribution in [0.3, 0.4) is 0 Å². The summed E-state index contributed by atoms with van der Waals surface area (Å²) >= 11 is 5.77. The normalized spacial score (nSPS) is 9.47. The minimum Gasteiger partial charge on any atom is -0.350 e. The number of hydrogen-bond donors (Lipinski definition) is 2. The smallest absolute Gasteiger partial charge is 0.243 e. The van der Waals surface area contributed by atoms with Gasteiger partial charge < -0.3 is 10.6 Å². The van der Waals surface area contributed by atoms with Crippen molar-refractivity contribution in [3.63, 3.8) is 0 Å². The molecule has 0 aliphatic carbocycles. The second kappa shape index (κ2) is 5.36. The molecule has 15 heavy (non-hydrogen) atoms. The quantitative estimate of drug-likeness (QED) is 0.761. The summed E-state index contributed by atoms with van der Waals surface area (Å²) in [6, 6.07) is 5.16. The second-order valence-corrected chi connectivity index (χ2v) is 3.44. The highest BCUT2D eigenvalue weighted by Gasteiger charge is 2.03. The average molecular weight is 227 g/mol. The Balaban J connectivity index is 2.64. The highest BCUT2D eigenvalue weighted by atomic mass is 35.5. The van der Waals surface area contributed by atoms with E-state index in [4.69, 9.17) is 11.6 Å². The molecule has 0 aromatic heterocycles. The van der Waals surface area contributed by atoms with Crippen molar-refractivity contribution in [1.82, 2.24) is 5.32 Å². The first-order chi connectivity index (χ1) is 7.13. The summed E-state index contributed by atoms with van der Waals surface area (Å²) in [4.78, 5) is 21.2. The van der Waals surface area contributed by atoms with Crippen LogP contribution in [0.5, 0.6) is 0 Å². The number of rotatable bonds is 4. The molecule has 80 valence electrons. The molecule has 2 N–H and O–H groups in total. The SMILES string of the molecule is Cc1cc(Cl)ccc1NC(=O)CNC=O. The van der Waals surface area contributed by atoms with Crippen molar-refractivity contribution in [1.29, 1.82) is 0 Å². The molecule has 1 aromatic carbocycles. The predicted octanol–water partition coefficient (Wildman–Crippen LogP) is 1.33. The van der Waals surface area contributed by atoms with Gasteiger partial charge in [-0.05, 0) is 30.7 Å². The van der Waals surface area contributed by atoms with Crippen molar-refractivity contribution in [2.45, 2.75) is 6.92 Å². The summed E-state index contributed by atoms with van der Waals surface area (Å²) in [7, 11) is 0. The van der Waals surface area contributed by atoms with Crippen LogP contribution < -0.4 is 10.6 Å². The molecule has 0 fully saturated rings. The summed E-state index contributed by atoms with van der Waals surface area (Å²) in [6.07, 6.45) is 0.480. The van der Waals surface area contributed by atoms with E-state index in [1.807, 2.05) is 6.92 Å². The number of carbonyl (C=O) groups is 2. The van der Waals surface area contributed by atoms with Crippen LogP contribution in [-0.4, -0.2) is 18.9 Å². The van der Waals surface area contributed by atoms with Crippen molar-refractivity contribution in [3.05, 3.63) is 28.8 Å². The highest BCUT2D eigenvalue weighted by molar-refractivity contribution is 6.30. The zero-order chi connectivity index (χ0) is 11.3. The van der Waals surface area contributed by atoms with E-state index in [9.17, 15) is 9.59 Å². The number of aryl methyl sites for hydroxylation is 1. The molecular weight excluding hydrogens is 216 g/mol. The van der Waals surface area contributed by atoms with E-state index >= 15 is 0 Å².